The van der Waals surface area contributed by atoms with Gasteiger partial charge < -0.3 is 14.8 Å². The van der Waals surface area contributed by atoms with Gasteiger partial charge in [0.2, 0.25) is 0 Å². The third kappa shape index (κ3) is 31.4. The molecular formula is C45H77NO4. The standard InChI is InChI=1S/C45H77NO4/c1-3-5-7-9-11-13-15-17-19-21-23-25-27-29-34-38-44(47)49-41-43(40-46-42-36-32-31-33-37-42)50-45(48)39-35-30-28-26-24-22-20-18-16-14-12-10-8-6-4-2/h17-20,31-33,36-37,43,46H,3-16,21-30,34-35,38-41H2,1-2H3. The first-order valence-electron chi connectivity index (χ1n) is 21.1. The van der Waals surface area contributed by atoms with Gasteiger partial charge in [0, 0.05) is 18.5 Å². The number of carbonyl (C=O) groups excluding carboxylic acids is 2. The fourth-order valence-corrected chi connectivity index (χ4v) is 6.11. The van der Waals surface area contributed by atoms with Gasteiger partial charge in [-0.05, 0) is 76.3 Å². The topological polar surface area (TPSA) is 64.6 Å². The van der Waals surface area contributed by atoms with E-state index >= 15 is 0 Å². The predicted octanol–water partition coefficient (Wildman–Crippen LogP) is 13.6. The normalized spacial score (nSPS) is 12.1. The number of esters is 2. The van der Waals surface area contributed by atoms with Gasteiger partial charge in [-0.25, -0.2) is 0 Å². The van der Waals surface area contributed by atoms with Crippen molar-refractivity contribution in [1.29, 1.82) is 0 Å². The van der Waals surface area contributed by atoms with Gasteiger partial charge in [0.25, 0.3) is 0 Å². The minimum absolute atomic E-state index is 0.0852. The number of hydrogen-bond donors (Lipinski definition) is 1. The Hall–Kier alpha value is -2.56. The number of para-hydroxylation sites is 1. The molecule has 1 N–H and O–H groups in total. The van der Waals surface area contributed by atoms with E-state index in [4.69, 9.17) is 9.47 Å². The number of unbranched alkanes of at least 4 members (excludes halogenated alkanes) is 22. The van der Waals surface area contributed by atoms with Crippen LogP contribution < -0.4 is 5.32 Å². The average Bonchev–Trinajstić information content (AvgIpc) is 3.13. The molecule has 1 atom stereocenters. The summed E-state index contributed by atoms with van der Waals surface area (Å²) in [5, 5.41) is 3.32. The van der Waals surface area contributed by atoms with Crippen molar-refractivity contribution in [1.82, 2.24) is 0 Å². The predicted molar refractivity (Wildman–Crippen MR) is 215 cm³/mol. The van der Waals surface area contributed by atoms with Crippen LogP contribution in [0.2, 0.25) is 0 Å². The minimum Gasteiger partial charge on any atom is -0.462 e. The molecule has 0 saturated heterocycles. The summed E-state index contributed by atoms with van der Waals surface area (Å²) in [6.07, 6.45) is 41.6. The molecule has 0 radical (unpaired) electrons. The molecule has 0 amide bonds. The van der Waals surface area contributed by atoms with Crippen molar-refractivity contribution in [3.05, 3.63) is 54.6 Å². The smallest absolute Gasteiger partial charge is 0.306 e. The van der Waals surface area contributed by atoms with Crippen molar-refractivity contribution in [3.63, 3.8) is 0 Å². The van der Waals surface area contributed by atoms with E-state index < -0.39 is 6.10 Å². The molecule has 1 aromatic carbocycles. The Morgan fingerprint density at radius 3 is 1.40 bits per heavy atom. The van der Waals surface area contributed by atoms with E-state index in [1.165, 1.54) is 116 Å². The lowest BCUT2D eigenvalue weighted by atomic mass is 10.1. The van der Waals surface area contributed by atoms with Crippen molar-refractivity contribution in [2.24, 2.45) is 0 Å². The van der Waals surface area contributed by atoms with Crippen molar-refractivity contribution in [2.75, 3.05) is 18.5 Å². The maximum absolute atomic E-state index is 12.7. The molecule has 0 aromatic heterocycles. The zero-order chi connectivity index (χ0) is 36.0. The van der Waals surface area contributed by atoms with Crippen molar-refractivity contribution in [3.8, 4) is 0 Å². The summed E-state index contributed by atoms with van der Waals surface area (Å²) in [7, 11) is 0. The SMILES string of the molecule is CCCCCCCCC=CCCCCCCCC(=O)OCC(CNc1ccccc1)OC(=O)CCCCCCCC=CCCCCCCCC. The lowest BCUT2D eigenvalue weighted by Gasteiger charge is -2.19. The molecular weight excluding hydrogens is 618 g/mol. The molecule has 1 aromatic rings. The molecule has 286 valence electrons. The zero-order valence-electron chi connectivity index (χ0n) is 32.6. The van der Waals surface area contributed by atoms with Crippen LogP contribution in [0.25, 0.3) is 0 Å². The lowest BCUT2D eigenvalue weighted by Crippen LogP contribution is -2.31. The molecule has 0 bridgehead atoms. The van der Waals surface area contributed by atoms with Crippen LogP contribution in [-0.2, 0) is 19.1 Å². The summed E-state index contributed by atoms with van der Waals surface area (Å²) in [6, 6.07) is 9.84. The third-order valence-electron chi connectivity index (χ3n) is 9.32. The molecule has 50 heavy (non-hydrogen) atoms. The molecule has 0 aliphatic heterocycles. The second-order valence-electron chi connectivity index (χ2n) is 14.2. The summed E-state index contributed by atoms with van der Waals surface area (Å²) in [5.41, 5.74) is 0.949. The number of nitrogens with one attached hydrogen (secondary N) is 1. The Morgan fingerprint density at radius 2 is 0.940 bits per heavy atom. The Labute approximate surface area is 308 Å². The quantitative estimate of drug-likeness (QED) is 0.0430. The number of rotatable bonds is 36. The van der Waals surface area contributed by atoms with E-state index in [0.717, 1.165) is 57.1 Å². The molecule has 1 unspecified atom stereocenters. The lowest BCUT2D eigenvalue weighted by molar-refractivity contribution is -0.158. The van der Waals surface area contributed by atoms with E-state index in [1.54, 1.807) is 0 Å². The highest BCUT2D eigenvalue weighted by Crippen LogP contribution is 2.13. The highest BCUT2D eigenvalue weighted by atomic mass is 16.6. The number of benzene rings is 1. The van der Waals surface area contributed by atoms with Gasteiger partial charge in [-0.1, -0.05) is 159 Å². The van der Waals surface area contributed by atoms with Gasteiger partial charge in [-0.3, -0.25) is 9.59 Å². The molecule has 0 spiro atoms. The van der Waals surface area contributed by atoms with Crippen LogP contribution in [0.4, 0.5) is 5.69 Å². The van der Waals surface area contributed by atoms with E-state index in [2.05, 4.69) is 43.5 Å². The first-order chi connectivity index (χ1) is 24.7. The van der Waals surface area contributed by atoms with Crippen LogP contribution in [0.15, 0.2) is 54.6 Å². The zero-order valence-corrected chi connectivity index (χ0v) is 32.6. The summed E-state index contributed by atoms with van der Waals surface area (Å²) >= 11 is 0. The first kappa shape index (κ1) is 45.5. The molecule has 5 heteroatoms. The van der Waals surface area contributed by atoms with E-state index in [-0.39, 0.29) is 18.5 Å². The van der Waals surface area contributed by atoms with Crippen LogP contribution in [0.1, 0.15) is 194 Å². The maximum atomic E-state index is 12.7. The number of hydrogen-bond acceptors (Lipinski definition) is 5. The van der Waals surface area contributed by atoms with Gasteiger partial charge >= 0.3 is 11.9 Å². The van der Waals surface area contributed by atoms with Crippen LogP contribution in [0.5, 0.6) is 0 Å². The number of anilines is 1. The second-order valence-corrected chi connectivity index (χ2v) is 14.2. The molecule has 5 nitrogen and oxygen atoms in total. The average molecular weight is 696 g/mol. The summed E-state index contributed by atoms with van der Waals surface area (Å²) in [4.78, 5) is 25.1. The molecule has 0 aliphatic carbocycles. The Morgan fingerprint density at radius 1 is 0.540 bits per heavy atom. The highest BCUT2D eigenvalue weighted by Gasteiger charge is 2.17. The van der Waals surface area contributed by atoms with Gasteiger partial charge in [-0.15, -0.1) is 0 Å². The second kappa shape index (κ2) is 36.2. The van der Waals surface area contributed by atoms with Crippen molar-refractivity contribution in [2.45, 2.75) is 200 Å². The largest absolute Gasteiger partial charge is 0.462 e. The van der Waals surface area contributed by atoms with Crippen molar-refractivity contribution < 1.29 is 19.1 Å². The fraction of sp³-hybridized carbons (Fsp3) is 0.733. The van der Waals surface area contributed by atoms with Crippen LogP contribution >= 0.6 is 0 Å². The maximum Gasteiger partial charge on any atom is 0.306 e. The molecule has 0 aliphatic rings. The molecule has 0 heterocycles. The van der Waals surface area contributed by atoms with Crippen LogP contribution in [-0.4, -0.2) is 31.2 Å². The first-order valence-corrected chi connectivity index (χ1v) is 21.1. The monoisotopic (exact) mass is 696 g/mol. The Kier molecular flexibility index (Phi) is 32.9. The Balaban J connectivity index is 2.16. The van der Waals surface area contributed by atoms with Gasteiger partial charge in [0.05, 0.1) is 6.54 Å². The molecule has 0 saturated carbocycles. The van der Waals surface area contributed by atoms with Crippen LogP contribution in [0.3, 0.4) is 0 Å². The highest BCUT2D eigenvalue weighted by molar-refractivity contribution is 5.70. The number of ether oxygens (including phenoxy) is 2. The molecule has 1 rings (SSSR count). The Bertz CT molecular complexity index is 944. The number of carbonyl (C=O) groups is 2. The third-order valence-corrected chi connectivity index (χ3v) is 9.32. The van der Waals surface area contributed by atoms with Gasteiger partial charge in [0.1, 0.15) is 6.61 Å². The van der Waals surface area contributed by atoms with Gasteiger partial charge in [-0.2, -0.15) is 0 Å². The number of allylic oxidation sites excluding steroid dienone is 4. The minimum atomic E-state index is -0.510. The van der Waals surface area contributed by atoms with E-state index in [9.17, 15) is 9.59 Å². The fourth-order valence-electron chi connectivity index (χ4n) is 6.11. The van der Waals surface area contributed by atoms with Gasteiger partial charge in [0.15, 0.2) is 6.10 Å². The summed E-state index contributed by atoms with van der Waals surface area (Å²) in [5.74, 6) is -0.420. The summed E-state index contributed by atoms with van der Waals surface area (Å²) < 4.78 is 11.4. The van der Waals surface area contributed by atoms with E-state index in [0.29, 0.717) is 19.4 Å². The van der Waals surface area contributed by atoms with E-state index in [1.807, 2.05) is 30.3 Å². The van der Waals surface area contributed by atoms with Crippen LogP contribution in [0, 0.1) is 0 Å². The molecule has 0 fully saturated rings. The summed E-state index contributed by atoms with van der Waals surface area (Å²) in [6.45, 7) is 5.02. The van der Waals surface area contributed by atoms with Crippen molar-refractivity contribution >= 4 is 17.6 Å².